The lowest BCUT2D eigenvalue weighted by Crippen LogP contribution is -2.50. The van der Waals surface area contributed by atoms with Crippen LogP contribution in [0.5, 0.6) is 0 Å². The molecule has 0 aromatic heterocycles. The van der Waals surface area contributed by atoms with Crippen LogP contribution in [0.15, 0.2) is 10.1 Å². The molecule has 0 fully saturated rings. The van der Waals surface area contributed by atoms with Gasteiger partial charge in [-0.15, -0.1) is 0 Å². The number of amides is 1. The Bertz CT molecular complexity index is 784. The van der Waals surface area contributed by atoms with Crippen molar-refractivity contribution in [3.8, 4) is 0 Å². The largest absolute Gasteiger partial charge is 0.480 e. The lowest BCUT2D eigenvalue weighted by Gasteiger charge is -2.16. The van der Waals surface area contributed by atoms with Crippen LogP contribution in [0.4, 0.5) is 0 Å². The number of rotatable bonds is 14. The van der Waals surface area contributed by atoms with Crippen LogP contribution in [0.2, 0.25) is 0 Å². The van der Waals surface area contributed by atoms with E-state index in [0.717, 1.165) is 44.1 Å². The molecule has 0 aliphatic carbocycles. The second-order valence-corrected chi connectivity index (χ2v) is 9.30. The molecule has 0 radical (unpaired) electrons. The first-order valence-corrected chi connectivity index (χ1v) is 12.2. The molecule has 2 unspecified atom stereocenters. The summed E-state index contributed by atoms with van der Waals surface area (Å²) >= 11 is 0. The van der Waals surface area contributed by atoms with Gasteiger partial charge in [0.05, 0.1) is 18.0 Å². The minimum absolute atomic E-state index is 0.162. The molecule has 2 heterocycles. The Balaban J connectivity index is 1.65. The first-order valence-electron chi connectivity index (χ1n) is 10.5. The minimum Gasteiger partial charge on any atom is -0.480 e. The van der Waals surface area contributed by atoms with Crippen molar-refractivity contribution in [2.24, 2.45) is 10.1 Å². The van der Waals surface area contributed by atoms with Gasteiger partial charge < -0.3 is 25.9 Å². The highest BCUT2D eigenvalue weighted by atomic mass is 32.2. The molecule has 31 heavy (non-hydrogen) atoms. The fourth-order valence-corrected chi connectivity index (χ4v) is 4.40. The summed E-state index contributed by atoms with van der Waals surface area (Å²) in [5, 5.41) is 22.0. The zero-order valence-electron chi connectivity index (χ0n) is 17.7. The van der Waals surface area contributed by atoms with E-state index in [2.05, 4.69) is 30.8 Å². The van der Waals surface area contributed by atoms with Gasteiger partial charge in [0.2, 0.25) is 16.1 Å². The predicted molar refractivity (Wildman–Crippen MR) is 115 cm³/mol. The lowest BCUT2D eigenvalue weighted by atomic mass is 10.1. The Morgan fingerprint density at radius 1 is 1.32 bits per heavy atom. The van der Waals surface area contributed by atoms with E-state index in [-0.39, 0.29) is 12.3 Å². The summed E-state index contributed by atoms with van der Waals surface area (Å²) in [7, 11) is -3.74. The third-order valence-electron chi connectivity index (χ3n) is 4.75. The lowest BCUT2D eigenvalue weighted by molar-refractivity contribution is -0.139. The van der Waals surface area contributed by atoms with Crippen molar-refractivity contribution < 1.29 is 28.0 Å². The molecule has 2 aliphatic heterocycles. The van der Waals surface area contributed by atoms with Gasteiger partial charge in [-0.3, -0.25) is 14.6 Å². The number of aliphatic imine (C=N–C) groups is 1. The maximum Gasteiger partial charge on any atom is 0.323 e. The SMILES string of the molecule is CCCCS(=O)(=O)NC(CNC(=O)C1CC(CCCCNC2=NCCN2)=NO1)C(=O)O. The molecule has 0 saturated heterocycles. The number of sulfonamides is 1. The van der Waals surface area contributed by atoms with Gasteiger partial charge in [-0.05, 0) is 25.7 Å². The highest BCUT2D eigenvalue weighted by molar-refractivity contribution is 7.89. The normalized spacial score (nSPS) is 19.1. The minimum atomic E-state index is -3.74. The number of oxime groups is 1. The van der Waals surface area contributed by atoms with Crippen molar-refractivity contribution in [1.29, 1.82) is 0 Å². The van der Waals surface area contributed by atoms with Crippen LogP contribution in [0, 0.1) is 0 Å². The van der Waals surface area contributed by atoms with Crippen molar-refractivity contribution in [1.82, 2.24) is 20.7 Å². The summed E-state index contributed by atoms with van der Waals surface area (Å²) in [5.41, 5.74) is 0.770. The van der Waals surface area contributed by atoms with Gasteiger partial charge in [0.1, 0.15) is 6.04 Å². The van der Waals surface area contributed by atoms with Crippen LogP contribution < -0.4 is 20.7 Å². The average molecular weight is 461 g/mol. The average Bonchev–Trinajstić information content (AvgIpc) is 3.41. The van der Waals surface area contributed by atoms with Gasteiger partial charge in [-0.2, -0.15) is 4.72 Å². The fourth-order valence-electron chi connectivity index (χ4n) is 3.00. The molecular formula is C18H32N6O6S. The van der Waals surface area contributed by atoms with Crippen molar-refractivity contribution in [3.63, 3.8) is 0 Å². The van der Waals surface area contributed by atoms with Gasteiger partial charge in [0.15, 0.2) is 5.96 Å². The molecule has 12 nitrogen and oxygen atoms in total. The number of nitrogens with one attached hydrogen (secondary N) is 4. The summed E-state index contributed by atoms with van der Waals surface area (Å²) in [6.07, 6.45) is 3.06. The quantitative estimate of drug-likeness (QED) is 0.208. The molecule has 0 bridgehead atoms. The molecular weight excluding hydrogens is 428 g/mol. The summed E-state index contributed by atoms with van der Waals surface area (Å²) in [6.45, 7) is 3.89. The number of carbonyl (C=O) groups excluding carboxylic acids is 1. The Morgan fingerprint density at radius 2 is 2.13 bits per heavy atom. The molecule has 5 N–H and O–H groups in total. The number of carboxylic acids is 1. The smallest absolute Gasteiger partial charge is 0.323 e. The van der Waals surface area contributed by atoms with Crippen molar-refractivity contribution in [3.05, 3.63) is 0 Å². The molecule has 2 aliphatic rings. The van der Waals surface area contributed by atoms with E-state index in [1.54, 1.807) is 0 Å². The molecule has 0 spiro atoms. The number of nitrogens with zero attached hydrogens (tertiary/aromatic N) is 2. The highest BCUT2D eigenvalue weighted by Crippen LogP contribution is 2.15. The van der Waals surface area contributed by atoms with E-state index < -0.39 is 34.0 Å². The summed E-state index contributed by atoms with van der Waals surface area (Å²) in [4.78, 5) is 33.0. The van der Waals surface area contributed by atoms with Crippen LogP contribution in [0.3, 0.4) is 0 Å². The Morgan fingerprint density at radius 3 is 2.81 bits per heavy atom. The van der Waals surface area contributed by atoms with Crippen LogP contribution >= 0.6 is 0 Å². The number of carbonyl (C=O) groups is 2. The van der Waals surface area contributed by atoms with Crippen molar-refractivity contribution in [2.75, 3.05) is 31.9 Å². The van der Waals surface area contributed by atoms with Crippen LogP contribution in [-0.4, -0.2) is 81.1 Å². The van der Waals surface area contributed by atoms with Crippen molar-refractivity contribution >= 4 is 33.6 Å². The molecule has 0 aromatic rings. The highest BCUT2D eigenvalue weighted by Gasteiger charge is 2.30. The second kappa shape index (κ2) is 12.4. The van der Waals surface area contributed by atoms with E-state index in [0.29, 0.717) is 25.7 Å². The molecule has 176 valence electrons. The number of guanidine groups is 1. The summed E-state index contributed by atoms with van der Waals surface area (Å²) < 4.78 is 26.0. The van der Waals surface area contributed by atoms with E-state index in [1.165, 1.54) is 0 Å². The number of unbranched alkanes of at least 4 members (excludes halogenated alkanes) is 2. The fraction of sp³-hybridized carbons (Fsp3) is 0.778. The number of hydrogen-bond acceptors (Lipinski definition) is 9. The third-order valence-corrected chi connectivity index (χ3v) is 6.22. The molecule has 0 saturated carbocycles. The summed E-state index contributed by atoms with van der Waals surface area (Å²) in [6, 6.07) is -1.45. The zero-order valence-corrected chi connectivity index (χ0v) is 18.5. The predicted octanol–water partition coefficient (Wildman–Crippen LogP) is -0.861. The number of hydrogen-bond donors (Lipinski definition) is 5. The first-order chi connectivity index (χ1) is 14.8. The van der Waals surface area contributed by atoms with Gasteiger partial charge in [0, 0.05) is 26.1 Å². The van der Waals surface area contributed by atoms with E-state index in [1.807, 2.05) is 6.92 Å². The number of carboxylic acid groups (broad SMARTS) is 1. The van der Waals surface area contributed by atoms with E-state index in [4.69, 9.17) is 4.84 Å². The van der Waals surface area contributed by atoms with E-state index in [9.17, 15) is 23.1 Å². The van der Waals surface area contributed by atoms with Crippen molar-refractivity contribution in [2.45, 2.75) is 57.6 Å². The Kier molecular flexibility index (Phi) is 9.98. The van der Waals surface area contributed by atoms with Gasteiger partial charge in [-0.1, -0.05) is 18.5 Å². The number of aliphatic carboxylic acids is 1. The molecule has 1 amide bonds. The second-order valence-electron chi connectivity index (χ2n) is 7.42. The molecule has 2 atom stereocenters. The van der Waals surface area contributed by atoms with Gasteiger partial charge in [0.25, 0.3) is 5.91 Å². The van der Waals surface area contributed by atoms with Crippen LogP contribution in [0.25, 0.3) is 0 Å². The van der Waals surface area contributed by atoms with Crippen LogP contribution in [-0.2, 0) is 24.4 Å². The van der Waals surface area contributed by atoms with Crippen LogP contribution in [0.1, 0.15) is 45.4 Å². The molecule has 13 heteroatoms. The standard InChI is InChI=1S/C18H32N6O6S/c1-2-3-10-31(28,29)24-14(17(26)27)12-22-16(25)15-11-13(23-30-15)6-4-5-7-19-18-20-8-9-21-18/h14-15,24H,2-12H2,1H3,(H,22,25)(H,26,27)(H2,19,20,21). The van der Waals surface area contributed by atoms with Gasteiger partial charge >= 0.3 is 5.97 Å². The maximum absolute atomic E-state index is 12.3. The molecule has 2 rings (SSSR count). The van der Waals surface area contributed by atoms with E-state index >= 15 is 0 Å². The topological polar surface area (TPSA) is 171 Å². The first kappa shape index (κ1) is 24.9. The van der Waals surface area contributed by atoms with Gasteiger partial charge in [-0.25, -0.2) is 8.42 Å². The summed E-state index contributed by atoms with van der Waals surface area (Å²) in [5.74, 6) is -1.23. The monoisotopic (exact) mass is 460 g/mol. The zero-order chi connectivity index (χ0) is 22.7. The Hall–Kier alpha value is -2.41. The molecule has 0 aromatic carbocycles. The maximum atomic E-state index is 12.3. The Labute approximate surface area is 182 Å². The third kappa shape index (κ3) is 9.09.